The first kappa shape index (κ1) is 13.3. The van der Waals surface area contributed by atoms with Crippen LogP contribution in [-0.4, -0.2) is 29.6 Å². The van der Waals surface area contributed by atoms with E-state index in [0.29, 0.717) is 12.5 Å². The largest absolute Gasteiger partial charge is 0.478 e. The van der Waals surface area contributed by atoms with Gasteiger partial charge in [0.15, 0.2) is 0 Å². The Morgan fingerprint density at radius 2 is 2.21 bits per heavy atom. The maximum Gasteiger partial charge on any atom is 0.338 e. The third-order valence-corrected chi connectivity index (χ3v) is 3.13. The fourth-order valence-electron chi connectivity index (χ4n) is 1.95. The number of nitrogens with zero attached hydrogens (tertiary/aromatic N) is 2. The first-order chi connectivity index (χ1) is 8.90. The highest BCUT2D eigenvalue weighted by molar-refractivity contribution is 5.90. The number of benzene rings is 1. The summed E-state index contributed by atoms with van der Waals surface area (Å²) in [5.41, 5.74) is -0.961. The minimum Gasteiger partial charge on any atom is -0.478 e. The summed E-state index contributed by atoms with van der Waals surface area (Å²) in [4.78, 5) is 22.7. The van der Waals surface area contributed by atoms with Crippen molar-refractivity contribution in [2.75, 3.05) is 18.5 Å². The first-order valence-electron chi connectivity index (χ1n) is 5.82. The van der Waals surface area contributed by atoms with Crippen LogP contribution in [0.25, 0.3) is 0 Å². The molecule has 19 heavy (non-hydrogen) atoms. The lowest BCUT2D eigenvalue weighted by molar-refractivity contribution is -0.384. The zero-order valence-electron chi connectivity index (χ0n) is 10.3. The van der Waals surface area contributed by atoms with Crippen molar-refractivity contribution < 1.29 is 19.2 Å². The van der Waals surface area contributed by atoms with Crippen molar-refractivity contribution in [1.29, 1.82) is 0 Å². The van der Waals surface area contributed by atoms with Gasteiger partial charge < -0.3 is 10.0 Å². The van der Waals surface area contributed by atoms with Crippen molar-refractivity contribution >= 4 is 17.3 Å². The standard InChI is InChI=1S/C12H13FN2O4/c1-14(6-7-2-3-7)10-5-9(13)8(12(16)17)4-11(10)15(18)19/h4-5,7H,2-3,6H2,1H3,(H,16,17). The molecule has 0 spiro atoms. The zero-order valence-corrected chi connectivity index (χ0v) is 10.3. The average molecular weight is 268 g/mol. The lowest BCUT2D eigenvalue weighted by Crippen LogP contribution is -2.21. The van der Waals surface area contributed by atoms with Gasteiger partial charge in [-0.15, -0.1) is 0 Å². The molecule has 1 aromatic carbocycles. The molecule has 0 bridgehead atoms. The maximum atomic E-state index is 13.6. The Kier molecular flexibility index (Phi) is 3.37. The monoisotopic (exact) mass is 268 g/mol. The topological polar surface area (TPSA) is 83.7 Å². The molecule has 102 valence electrons. The van der Waals surface area contributed by atoms with Crippen LogP contribution in [0.4, 0.5) is 15.8 Å². The zero-order chi connectivity index (χ0) is 14.2. The summed E-state index contributed by atoms with van der Waals surface area (Å²) >= 11 is 0. The molecule has 6 nitrogen and oxygen atoms in total. The van der Waals surface area contributed by atoms with E-state index >= 15 is 0 Å². The third kappa shape index (κ3) is 2.81. The van der Waals surface area contributed by atoms with Gasteiger partial charge in [0.25, 0.3) is 5.69 Å². The molecule has 0 amide bonds. The van der Waals surface area contributed by atoms with Gasteiger partial charge in [-0.1, -0.05) is 0 Å². The van der Waals surface area contributed by atoms with Crippen molar-refractivity contribution in [3.8, 4) is 0 Å². The molecule has 2 rings (SSSR count). The molecular formula is C12H13FN2O4. The van der Waals surface area contributed by atoms with Crippen LogP contribution in [0.1, 0.15) is 23.2 Å². The minimum absolute atomic E-state index is 0.111. The summed E-state index contributed by atoms with van der Waals surface area (Å²) in [5, 5.41) is 19.8. The third-order valence-electron chi connectivity index (χ3n) is 3.13. The van der Waals surface area contributed by atoms with Crippen molar-refractivity contribution in [3.63, 3.8) is 0 Å². The van der Waals surface area contributed by atoms with Gasteiger partial charge in [0.05, 0.1) is 4.92 Å². The highest BCUT2D eigenvalue weighted by Crippen LogP contribution is 2.35. The predicted molar refractivity (Wildman–Crippen MR) is 66.0 cm³/mol. The van der Waals surface area contributed by atoms with Crippen LogP contribution in [0.5, 0.6) is 0 Å². The molecule has 0 heterocycles. The van der Waals surface area contributed by atoms with Gasteiger partial charge in [-0.3, -0.25) is 10.1 Å². The number of carbonyl (C=O) groups is 1. The summed E-state index contributed by atoms with van der Waals surface area (Å²) in [5.74, 6) is -2.00. The number of rotatable bonds is 5. The summed E-state index contributed by atoms with van der Waals surface area (Å²) in [6.07, 6.45) is 2.13. The number of halogens is 1. The number of hydrogen-bond acceptors (Lipinski definition) is 4. The van der Waals surface area contributed by atoms with E-state index < -0.39 is 22.3 Å². The average Bonchev–Trinajstić information content (AvgIpc) is 3.11. The molecule has 1 saturated carbocycles. The predicted octanol–water partition coefficient (Wildman–Crippen LogP) is 2.28. The normalized spacial score (nSPS) is 14.2. The number of nitro groups is 1. The molecular weight excluding hydrogens is 255 g/mol. The van der Waals surface area contributed by atoms with Crippen LogP contribution >= 0.6 is 0 Å². The molecule has 1 fully saturated rings. The molecule has 0 atom stereocenters. The van der Waals surface area contributed by atoms with Gasteiger partial charge in [0.1, 0.15) is 17.1 Å². The molecule has 0 unspecified atom stereocenters. The van der Waals surface area contributed by atoms with Crippen LogP contribution in [0.3, 0.4) is 0 Å². The van der Waals surface area contributed by atoms with Crippen LogP contribution < -0.4 is 4.90 Å². The fourth-order valence-corrected chi connectivity index (χ4v) is 1.95. The number of anilines is 1. The molecule has 0 saturated heterocycles. The molecule has 0 aromatic heterocycles. The van der Waals surface area contributed by atoms with Crippen molar-refractivity contribution in [3.05, 3.63) is 33.6 Å². The van der Waals surface area contributed by atoms with Crippen LogP contribution in [0.2, 0.25) is 0 Å². The highest BCUT2D eigenvalue weighted by atomic mass is 19.1. The molecule has 1 aliphatic rings. The van der Waals surface area contributed by atoms with E-state index in [1.54, 1.807) is 11.9 Å². The Morgan fingerprint density at radius 3 is 2.68 bits per heavy atom. The number of nitro benzene ring substituents is 1. The number of hydrogen-bond donors (Lipinski definition) is 1. The molecule has 1 aromatic rings. The number of aromatic carboxylic acids is 1. The first-order valence-corrected chi connectivity index (χ1v) is 5.82. The Bertz CT molecular complexity index is 543. The van der Waals surface area contributed by atoms with E-state index in [9.17, 15) is 19.3 Å². The maximum absolute atomic E-state index is 13.6. The van der Waals surface area contributed by atoms with Gasteiger partial charge in [-0.2, -0.15) is 0 Å². The highest BCUT2D eigenvalue weighted by Gasteiger charge is 2.28. The second kappa shape index (κ2) is 4.83. The Hall–Kier alpha value is -2.18. The van der Waals surface area contributed by atoms with Crippen molar-refractivity contribution in [1.82, 2.24) is 0 Å². The van der Waals surface area contributed by atoms with Gasteiger partial charge in [0, 0.05) is 25.7 Å². The van der Waals surface area contributed by atoms with E-state index in [2.05, 4.69) is 0 Å². The number of carboxylic acid groups (broad SMARTS) is 1. The molecule has 1 aliphatic carbocycles. The SMILES string of the molecule is CN(CC1CC1)c1cc(F)c(C(=O)O)cc1[N+](=O)[O-]. The molecule has 1 N–H and O–H groups in total. The fraction of sp³-hybridized carbons (Fsp3) is 0.417. The van der Waals surface area contributed by atoms with E-state index in [1.807, 2.05) is 0 Å². The second-order valence-corrected chi connectivity index (χ2v) is 4.71. The lowest BCUT2D eigenvalue weighted by atomic mass is 10.1. The van der Waals surface area contributed by atoms with E-state index in [-0.39, 0.29) is 11.4 Å². The smallest absolute Gasteiger partial charge is 0.338 e. The quantitative estimate of drug-likeness (QED) is 0.654. The van der Waals surface area contributed by atoms with Crippen molar-refractivity contribution in [2.24, 2.45) is 5.92 Å². The van der Waals surface area contributed by atoms with E-state index in [1.165, 1.54) is 0 Å². The second-order valence-electron chi connectivity index (χ2n) is 4.71. The van der Waals surface area contributed by atoms with Gasteiger partial charge >= 0.3 is 5.97 Å². The molecule has 0 radical (unpaired) electrons. The summed E-state index contributed by atoms with van der Waals surface area (Å²) in [7, 11) is 1.64. The van der Waals surface area contributed by atoms with Gasteiger partial charge in [-0.25, -0.2) is 9.18 Å². The Balaban J connectivity index is 2.42. The van der Waals surface area contributed by atoms with Crippen LogP contribution in [0, 0.1) is 21.8 Å². The van der Waals surface area contributed by atoms with Crippen molar-refractivity contribution in [2.45, 2.75) is 12.8 Å². The molecule has 0 aliphatic heterocycles. The summed E-state index contributed by atoms with van der Waals surface area (Å²) in [6.45, 7) is 0.604. The summed E-state index contributed by atoms with van der Waals surface area (Å²) in [6, 6.07) is 1.69. The lowest BCUT2D eigenvalue weighted by Gasteiger charge is -2.19. The van der Waals surface area contributed by atoms with E-state index in [0.717, 1.165) is 25.0 Å². The minimum atomic E-state index is -1.52. The Labute approximate surface area is 108 Å². The van der Waals surface area contributed by atoms with Gasteiger partial charge in [0.2, 0.25) is 0 Å². The van der Waals surface area contributed by atoms with Crippen LogP contribution in [-0.2, 0) is 0 Å². The van der Waals surface area contributed by atoms with Crippen LogP contribution in [0.15, 0.2) is 12.1 Å². The molecule has 7 heteroatoms. The van der Waals surface area contributed by atoms with E-state index in [4.69, 9.17) is 5.11 Å². The Morgan fingerprint density at radius 1 is 1.58 bits per heavy atom. The summed E-state index contributed by atoms with van der Waals surface area (Å²) < 4.78 is 13.6. The van der Waals surface area contributed by atoms with Gasteiger partial charge in [-0.05, 0) is 18.8 Å². The number of carboxylic acids is 1.